The first-order valence-corrected chi connectivity index (χ1v) is 9.20. The molecular formula is C19H21BrN2O3. The summed E-state index contributed by atoms with van der Waals surface area (Å²) in [6, 6.07) is 11.7. The lowest BCUT2D eigenvalue weighted by Gasteiger charge is -2.30. The van der Waals surface area contributed by atoms with E-state index in [9.17, 15) is 9.59 Å². The second-order valence-corrected chi connectivity index (χ2v) is 7.19. The summed E-state index contributed by atoms with van der Waals surface area (Å²) < 4.78 is 6.83. The number of piperidine rings is 1. The molecule has 1 saturated heterocycles. The molecule has 2 aromatic rings. The zero-order valence-corrected chi connectivity index (χ0v) is 15.7. The molecule has 2 amide bonds. The van der Waals surface area contributed by atoms with Crippen LogP contribution in [0.4, 0.5) is 0 Å². The first-order valence-electron chi connectivity index (χ1n) is 8.41. The third-order valence-electron chi connectivity index (χ3n) is 4.54. The van der Waals surface area contributed by atoms with Crippen molar-refractivity contribution in [1.29, 1.82) is 0 Å². The molecule has 5 nitrogen and oxygen atoms in total. The van der Waals surface area contributed by atoms with Crippen molar-refractivity contribution in [2.24, 2.45) is 5.92 Å². The lowest BCUT2D eigenvalue weighted by atomic mass is 9.96. The van der Waals surface area contributed by atoms with Gasteiger partial charge in [-0.1, -0.05) is 28.1 Å². The van der Waals surface area contributed by atoms with Gasteiger partial charge in [-0.05, 0) is 37.1 Å². The molecule has 132 valence electrons. The van der Waals surface area contributed by atoms with Gasteiger partial charge in [-0.3, -0.25) is 9.59 Å². The molecule has 3 rings (SSSR count). The lowest BCUT2D eigenvalue weighted by Crippen LogP contribution is -2.42. The highest BCUT2D eigenvalue weighted by Gasteiger charge is 2.25. The number of amides is 2. The Balaban J connectivity index is 1.51. The largest absolute Gasteiger partial charge is 0.459 e. The number of benzene rings is 1. The summed E-state index contributed by atoms with van der Waals surface area (Å²) in [5, 5.41) is 2.94. The van der Waals surface area contributed by atoms with Crippen molar-refractivity contribution >= 4 is 27.7 Å². The van der Waals surface area contributed by atoms with Gasteiger partial charge in [0.2, 0.25) is 11.8 Å². The molecule has 0 saturated carbocycles. The fourth-order valence-corrected chi connectivity index (χ4v) is 3.28. The SMILES string of the molecule is CC(=O)N1CCC(C(=O)NCc2ccc(-c3ccc(Br)cc3)o2)CC1. The predicted octanol–water partition coefficient (Wildman–Crippen LogP) is 3.58. The Morgan fingerprint density at radius 3 is 2.48 bits per heavy atom. The molecule has 0 unspecified atom stereocenters. The van der Waals surface area contributed by atoms with Crippen molar-refractivity contribution in [2.75, 3.05) is 13.1 Å². The second-order valence-electron chi connectivity index (χ2n) is 6.27. The van der Waals surface area contributed by atoms with Gasteiger partial charge in [0.1, 0.15) is 11.5 Å². The van der Waals surface area contributed by atoms with Crippen LogP contribution in [-0.4, -0.2) is 29.8 Å². The van der Waals surface area contributed by atoms with E-state index < -0.39 is 0 Å². The second kappa shape index (κ2) is 7.87. The molecule has 1 aliphatic rings. The molecule has 1 fully saturated rings. The number of hydrogen-bond donors (Lipinski definition) is 1. The Kier molecular flexibility index (Phi) is 5.58. The van der Waals surface area contributed by atoms with E-state index in [1.807, 2.05) is 36.4 Å². The van der Waals surface area contributed by atoms with Gasteiger partial charge >= 0.3 is 0 Å². The number of nitrogens with one attached hydrogen (secondary N) is 1. The van der Waals surface area contributed by atoms with Gasteiger partial charge in [0.05, 0.1) is 6.54 Å². The van der Waals surface area contributed by atoms with Crippen LogP contribution < -0.4 is 5.32 Å². The van der Waals surface area contributed by atoms with Crippen LogP contribution in [0.15, 0.2) is 45.3 Å². The van der Waals surface area contributed by atoms with Crippen molar-refractivity contribution in [3.05, 3.63) is 46.6 Å². The van der Waals surface area contributed by atoms with Crippen LogP contribution in [0.25, 0.3) is 11.3 Å². The maximum Gasteiger partial charge on any atom is 0.223 e. The third-order valence-corrected chi connectivity index (χ3v) is 5.07. The minimum absolute atomic E-state index is 0.0310. The number of furan rings is 1. The van der Waals surface area contributed by atoms with Crippen LogP contribution >= 0.6 is 15.9 Å². The highest BCUT2D eigenvalue weighted by atomic mass is 79.9. The monoisotopic (exact) mass is 404 g/mol. The van der Waals surface area contributed by atoms with Crippen molar-refractivity contribution in [3.63, 3.8) is 0 Å². The Bertz CT molecular complexity index is 746. The number of rotatable bonds is 4. The Morgan fingerprint density at radius 2 is 1.84 bits per heavy atom. The fourth-order valence-electron chi connectivity index (χ4n) is 3.02. The zero-order valence-electron chi connectivity index (χ0n) is 14.1. The van der Waals surface area contributed by atoms with Crippen LogP contribution in [0.2, 0.25) is 0 Å². The number of likely N-dealkylation sites (tertiary alicyclic amines) is 1. The zero-order chi connectivity index (χ0) is 17.8. The van der Waals surface area contributed by atoms with Crippen LogP contribution in [0, 0.1) is 5.92 Å². The van der Waals surface area contributed by atoms with E-state index in [1.165, 1.54) is 0 Å². The molecular weight excluding hydrogens is 384 g/mol. The highest BCUT2D eigenvalue weighted by molar-refractivity contribution is 9.10. The molecule has 6 heteroatoms. The molecule has 1 aromatic heterocycles. The normalized spacial score (nSPS) is 15.2. The molecule has 2 heterocycles. The van der Waals surface area contributed by atoms with E-state index in [2.05, 4.69) is 21.2 Å². The van der Waals surface area contributed by atoms with Crippen molar-refractivity contribution in [2.45, 2.75) is 26.3 Å². The van der Waals surface area contributed by atoms with Gasteiger partial charge in [0.25, 0.3) is 0 Å². The Hall–Kier alpha value is -2.08. The Morgan fingerprint density at radius 1 is 1.16 bits per heavy atom. The number of hydrogen-bond acceptors (Lipinski definition) is 3. The topological polar surface area (TPSA) is 62.6 Å². The molecule has 1 aromatic carbocycles. The average Bonchev–Trinajstić information content (AvgIpc) is 3.09. The predicted molar refractivity (Wildman–Crippen MR) is 98.7 cm³/mol. The number of carbonyl (C=O) groups is 2. The van der Waals surface area contributed by atoms with Crippen LogP contribution in [0.1, 0.15) is 25.5 Å². The lowest BCUT2D eigenvalue weighted by molar-refractivity contribution is -0.134. The van der Waals surface area contributed by atoms with E-state index in [-0.39, 0.29) is 17.7 Å². The van der Waals surface area contributed by atoms with Crippen LogP contribution in [-0.2, 0) is 16.1 Å². The van der Waals surface area contributed by atoms with Gasteiger partial charge in [-0.15, -0.1) is 0 Å². The maximum absolute atomic E-state index is 12.3. The smallest absolute Gasteiger partial charge is 0.223 e. The van der Waals surface area contributed by atoms with Crippen molar-refractivity contribution in [3.8, 4) is 11.3 Å². The van der Waals surface area contributed by atoms with Gasteiger partial charge in [0, 0.05) is 36.0 Å². The van der Waals surface area contributed by atoms with Crippen LogP contribution in [0.5, 0.6) is 0 Å². The summed E-state index contributed by atoms with van der Waals surface area (Å²) >= 11 is 3.41. The standard InChI is InChI=1S/C19H21BrN2O3/c1-13(23)22-10-8-15(9-11-22)19(24)21-12-17-6-7-18(25-17)14-2-4-16(20)5-3-14/h2-7,15H,8-12H2,1H3,(H,21,24). The van der Waals surface area contributed by atoms with E-state index in [4.69, 9.17) is 4.42 Å². The summed E-state index contributed by atoms with van der Waals surface area (Å²) in [6.45, 7) is 3.26. The molecule has 0 spiro atoms. The van der Waals surface area contributed by atoms with Gasteiger partial charge in [-0.25, -0.2) is 0 Å². The summed E-state index contributed by atoms with van der Waals surface area (Å²) in [4.78, 5) is 25.4. The first-order chi connectivity index (χ1) is 12.0. The van der Waals surface area contributed by atoms with Crippen molar-refractivity contribution in [1.82, 2.24) is 10.2 Å². The highest BCUT2D eigenvalue weighted by Crippen LogP contribution is 2.24. The van der Waals surface area contributed by atoms with Crippen LogP contribution in [0.3, 0.4) is 0 Å². The number of halogens is 1. The molecule has 1 N–H and O–H groups in total. The van der Waals surface area contributed by atoms with E-state index in [1.54, 1.807) is 11.8 Å². The quantitative estimate of drug-likeness (QED) is 0.846. The summed E-state index contributed by atoms with van der Waals surface area (Å²) in [6.07, 6.45) is 1.43. The van der Waals surface area contributed by atoms with E-state index >= 15 is 0 Å². The maximum atomic E-state index is 12.3. The summed E-state index contributed by atoms with van der Waals surface area (Å²) in [7, 11) is 0. The third kappa shape index (κ3) is 4.51. The number of carbonyl (C=O) groups excluding carboxylic acids is 2. The fraction of sp³-hybridized carbons (Fsp3) is 0.368. The molecule has 1 aliphatic heterocycles. The van der Waals surface area contributed by atoms with Gasteiger partial charge < -0.3 is 14.6 Å². The van der Waals surface area contributed by atoms with Gasteiger partial charge in [-0.2, -0.15) is 0 Å². The first kappa shape index (κ1) is 17.7. The van der Waals surface area contributed by atoms with Crippen molar-refractivity contribution < 1.29 is 14.0 Å². The minimum Gasteiger partial charge on any atom is -0.459 e. The van der Waals surface area contributed by atoms with E-state index in [0.717, 1.165) is 21.6 Å². The van der Waals surface area contributed by atoms with Gasteiger partial charge in [0.15, 0.2) is 0 Å². The Labute approximate surface area is 155 Å². The summed E-state index contributed by atoms with van der Waals surface area (Å²) in [5.41, 5.74) is 0.998. The summed E-state index contributed by atoms with van der Waals surface area (Å²) in [5.74, 6) is 1.59. The molecule has 0 aliphatic carbocycles. The average molecular weight is 405 g/mol. The van der Waals surface area contributed by atoms with E-state index in [0.29, 0.717) is 32.5 Å². The molecule has 25 heavy (non-hydrogen) atoms. The number of nitrogens with zero attached hydrogens (tertiary/aromatic N) is 1. The molecule has 0 atom stereocenters. The minimum atomic E-state index is -0.0310. The molecule has 0 bridgehead atoms. The molecule has 0 radical (unpaired) electrons.